The summed E-state index contributed by atoms with van der Waals surface area (Å²) in [5.41, 5.74) is 1.45. The minimum atomic E-state index is -0.337. The minimum absolute atomic E-state index is 0.0330. The van der Waals surface area contributed by atoms with Gasteiger partial charge in [0.05, 0.1) is 0 Å². The van der Waals surface area contributed by atoms with Gasteiger partial charge in [-0.3, -0.25) is 9.59 Å². The monoisotopic (exact) mass is 420 g/mol. The summed E-state index contributed by atoms with van der Waals surface area (Å²) in [7, 11) is 0. The molecule has 160 valence electrons. The minimum Gasteiger partial charge on any atom is -0.451 e. The van der Waals surface area contributed by atoms with E-state index in [0.717, 1.165) is 25.1 Å². The highest BCUT2D eigenvalue weighted by molar-refractivity contribution is 5.94. The van der Waals surface area contributed by atoms with Gasteiger partial charge in [-0.25, -0.2) is 4.39 Å². The molecule has 2 heterocycles. The van der Waals surface area contributed by atoms with Crippen molar-refractivity contribution in [3.63, 3.8) is 0 Å². The molecule has 4 atom stereocenters. The molecular formula is C25H25FN2O3. The first-order valence-electron chi connectivity index (χ1n) is 10.8. The molecule has 2 unspecified atom stereocenters. The van der Waals surface area contributed by atoms with Crippen LogP contribution in [0.1, 0.15) is 45.6 Å². The molecule has 1 saturated carbocycles. The second kappa shape index (κ2) is 7.84. The van der Waals surface area contributed by atoms with Gasteiger partial charge >= 0.3 is 0 Å². The molecule has 1 aromatic heterocycles. The lowest BCUT2D eigenvalue weighted by molar-refractivity contribution is 0.0767. The summed E-state index contributed by atoms with van der Waals surface area (Å²) in [5, 5.41) is 2.96. The second-order valence-corrected chi connectivity index (χ2v) is 8.76. The SMILES string of the molecule is CC1C=Cc2cc(C(=O)NCCC3[C@H]4CN(C(=O)c5ccc(F)cc5)C[C@@H]34)oc2C=C1. The van der Waals surface area contributed by atoms with Crippen LogP contribution in [0, 0.1) is 29.5 Å². The van der Waals surface area contributed by atoms with Gasteiger partial charge in [-0.1, -0.05) is 25.2 Å². The first kappa shape index (κ1) is 19.8. The maximum absolute atomic E-state index is 13.1. The number of carbonyl (C=O) groups excluding carboxylic acids is 2. The lowest BCUT2D eigenvalue weighted by atomic mass is 10.1. The van der Waals surface area contributed by atoms with Gasteiger partial charge in [0.15, 0.2) is 5.76 Å². The van der Waals surface area contributed by atoms with Crippen LogP contribution in [0.2, 0.25) is 0 Å². The predicted molar refractivity (Wildman–Crippen MR) is 116 cm³/mol. The van der Waals surface area contributed by atoms with Gasteiger partial charge in [-0.15, -0.1) is 0 Å². The number of nitrogens with one attached hydrogen (secondary N) is 1. The number of hydrogen-bond acceptors (Lipinski definition) is 3. The van der Waals surface area contributed by atoms with Crippen molar-refractivity contribution in [2.24, 2.45) is 23.7 Å². The number of furan rings is 1. The zero-order valence-corrected chi connectivity index (χ0v) is 17.4. The van der Waals surface area contributed by atoms with Crippen molar-refractivity contribution in [3.05, 3.63) is 70.9 Å². The molecule has 0 radical (unpaired) electrons. The Hall–Kier alpha value is -3.15. The van der Waals surface area contributed by atoms with E-state index in [-0.39, 0.29) is 17.6 Å². The Balaban J connectivity index is 1.08. The van der Waals surface area contributed by atoms with Crippen LogP contribution >= 0.6 is 0 Å². The molecule has 5 rings (SSSR count). The van der Waals surface area contributed by atoms with Crippen LogP contribution in [0.15, 0.2) is 46.9 Å². The van der Waals surface area contributed by atoms with Gasteiger partial charge in [-0.05, 0) is 66.5 Å². The first-order valence-corrected chi connectivity index (χ1v) is 10.8. The van der Waals surface area contributed by atoms with Crippen LogP contribution < -0.4 is 5.32 Å². The van der Waals surface area contributed by atoms with Gasteiger partial charge in [0, 0.05) is 30.8 Å². The first-order chi connectivity index (χ1) is 15.0. The number of rotatable bonds is 5. The van der Waals surface area contributed by atoms with E-state index in [9.17, 15) is 14.0 Å². The van der Waals surface area contributed by atoms with Crippen LogP contribution in [0.3, 0.4) is 0 Å². The average Bonchev–Trinajstić information content (AvgIpc) is 3.11. The van der Waals surface area contributed by atoms with Crippen molar-refractivity contribution < 1.29 is 18.4 Å². The molecule has 3 aliphatic rings. The largest absolute Gasteiger partial charge is 0.451 e. The number of hydrogen-bond donors (Lipinski definition) is 1. The maximum atomic E-state index is 13.1. The maximum Gasteiger partial charge on any atom is 0.287 e. The molecule has 6 heteroatoms. The lowest BCUT2D eigenvalue weighted by Crippen LogP contribution is -2.32. The van der Waals surface area contributed by atoms with E-state index < -0.39 is 0 Å². The molecule has 31 heavy (non-hydrogen) atoms. The van der Waals surface area contributed by atoms with Gasteiger partial charge in [0.1, 0.15) is 11.6 Å². The number of nitrogens with zero attached hydrogens (tertiary/aromatic N) is 1. The van der Waals surface area contributed by atoms with Crippen LogP contribution in [0.25, 0.3) is 12.2 Å². The number of amides is 2. The molecule has 0 spiro atoms. The molecule has 2 aromatic rings. The average molecular weight is 420 g/mol. The fourth-order valence-electron chi connectivity index (χ4n) is 4.81. The highest BCUT2D eigenvalue weighted by Gasteiger charge is 2.55. The number of halogens is 1. The molecule has 0 bridgehead atoms. The third-order valence-corrected chi connectivity index (χ3v) is 6.66. The zero-order valence-electron chi connectivity index (χ0n) is 17.4. The molecule has 1 N–H and O–H groups in total. The van der Waals surface area contributed by atoms with Crippen molar-refractivity contribution in [1.82, 2.24) is 10.2 Å². The summed E-state index contributed by atoms with van der Waals surface area (Å²) in [6.07, 6.45) is 8.93. The third-order valence-electron chi connectivity index (χ3n) is 6.66. The number of likely N-dealkylation sites (tertiary alicyclic amines) is 1. The van der Waals surface area contributed by atoms with E-state index in [2.05, 4.69) is 18.3 Å². The number of carbonyl (C=O) groups is 2. The van der Waals surface area contributed by atoms with E-state index in [1.807, 2.05) is 23.1 Å². The summed E-state index contributed by atoms with van der Waals surface area (Å²) >= 11 is 0. The quantitative estimate of drug-likeness (QED) is 0.787. The Bertz CT molecular complexity index is 1030. The summed E-state index contributed by atoms with van der Waals surface area (Å²) in [5.74, 6) is 2.37. The standard InChI is InChI=1S/C25H25FN2O3/c1-15-2-4-17-12-23(31-22(17)9-3-15)24(29)27-11-10-19-20-13-28(14-21(19)20)25(30)16-5-7-18(26)8-6-16/h2-9,12,15,19-21H,10-11,13-14H2,1H3,(H,27,29)/t15?,19?,20-,21+. The van der Waals surface area contributed by atoms with Crippen molar-refractivity contribution in [2.45, 2.75) is 13.3 Å². The topological polar surface area (TPSA) is 62.6 Å². The Morgan fingerprint density at radius 3 is 2.58 bits per heavy atom. The van der Waals surface area contributed by atoms with Crippen molar-refractivity contribution in [2.75, 3.05) is 19.6 Å². The Morgan fingerprint density at radius 2 is 1.84 bits per heavy atom. The van der Waals surface area contributed by atoms with Crippen LogP contribution in [-0.4, -0.2) is 36.3 Å². The molecular weight excluding hydrogens is 395 g/mol. The highest BCUT2D eigenvalue weighted by atomic mass is 19.1. The Morgan fingerprint density at radius 1 is 1.13 bits per heavy atom. The number of allylic oxidation sites excluding steroid dienone is 2. The van der Waals surface area contributed by atoms with Gasteiger partial charge < -0.3 is 14.6 Å². The van der Waals surface area contributed by atoms with Crippen molar-refractivity contribution in [3.8, 4) is 0 Å². The van der Waals surface area contributed by atoms with E-state index in [1.54, 1.807) is 6.07 Å². The molecule has 5 nitrogen and oxygen atoms in total. The summed E-state index contributed by atoms with van der Waals surface area (Å²) in [6.45, 7) is 4.16. The number of benzene rings is 1. The van der Waals surface area contributed by atoms with Crippen LogP contribution in [0.5, 0.6) is 0 Å². The van der Waals surface area contributed by atoms with Crippen LogP contribution in [-0.2, 0) is 0 Å². The summed E-state index contributed by atoms with van der Waals surface area (Å²) < 4.78 is 18.8. The Labute approximate surface area is 180 Å². The normalized spacial score (nSPS) is 25.7. The third kappa shape index (κ3) is 3.94. The van der Waals surface area contributed by atoms with E-state index >= 15 is 0 Å². The lowest BCUT2D eigenvalue weighted by Gasteiger charge is -2.20. The fourth-order valence-corrected chi connectivity index (χ4v) is 4.81. The molecule has 1 aromatic carbocycles. The zero-order chi connectivity index (χ0) is 21.5. The van der Waals surface area contributed by atoms with E-state index in [4.69, 9.17) is 4.42 Å². The van der Waals surface area contributed by atoms with Crippen molar-refractivity contribution in [1.29, 1.82) is 0 Å². The van der Waals surface area contributed by atoms with Gasteiger partial charge in [0.2, 0.25) is 0 Å². The predicted octanol–water partition coefficient (Wildman–Crippen LogP) is 4.23. The number of piperidine rings is 1. The second-order valence-electron chi connectivity index (χ2n) is 8.76. The van der Waals surface area contributed by atoms with E-state index in [1.165, 1.54) is 24.3 Å². The van der Waals surface area contributed by atoms with Crippen molar-refractivity contribution >= 4 is 24.0 Å². The smallest absolute Gasteiger partial charge is 0.287 e. The summed E-state index contributed by atoms with van der Waals surface area (Å²) in [6, 6.07) is 7.50. The number of fused-ring (bicyclic) bond motifs is 2. The molecule has 1 saturated heterocycles. The van der Waals surface area contributed by atoms with Crippen LogP contribution in [0.4, 0.5) is 4.39 Å². The molecule has 2 fully saturated rings. The van der Waals surface area contributed by atoms with E-state index in [0.29, 0.717) is 47.3 Å². The molecule has 2 amide bonds. The van der Waals surface area contributed by atoms with Gasteiger partial charge in [0.25, 0.3) is 11.8 Å². The summed E-state index contributed by atoms with van der Waals surface area (Å²) in [4.78, 5) is 26.8. The van der Waals surface area contributed by atoms with Gasteiger partial charge in [-0.2, -0.15) is 0 Å². The fraction of sp³-hybridized carbons (Fsp3) is 0.360. The molecule has 1 aliphatic heterocycles. The highest BCUT2D eigenvalue weighted by Crippen LogP contribution is 2.53. The molecule has 2 aliphatic carbocycles. The Kier molecular flexibility index (Phi) is 5.00.